The second-order valence-electron chi connectivity index (χ2n) is 8.03. The second kappa shape index (κ2) is 6.44. The lowest BCUT2D eigenvalue weighted by Crippen LogP contribution is -2.55. The number of nitrogens with zero attached hydrogens (tertiary/aromatic N) is 1. The van der Waals surface area contributed by atoms with E-state index in [2.05, 4.69) is 27.7 Å². The van der Waals surface area contributed by atoms with Gasteiger partial charge in [-0.25, -0.2) is 0 Å². The third-order valence-electron chi connectivity index (χ3n) is 3.52. The van der Waals surface area contributed by atoms with Crippen LogP contribution in [0.25, 0.3) is 0 Å². The molecule has 4 nitrogen and oxygen atoms in total. The molecule has 1 N–H and O–H groups in total. The molecule has 0 bridgehead atoms. The van der Waals surface area contributed by atoms with Gasteiger partial charge in [-0.3, -0.25) is 4.79 Å². The zero-order chi connectivity index (χ0) is 15.6. The Hall–Kier alpha value is -0.610. The maximum absolute atomic E-state index is 12.4. The molecule has 0 aromatic heterocycles. The van der Waals surface area contributed by atoms with Crippen LogP contribution in [0, 0.1) is 11.3 Å². The monoisotopic (exact) mass is 285 g/mol. The first kappa shape index (κ1) is 17.4. The number of ether oxygens (including phenoxy) is 1. The molecule has 1 heterocycles. The molecule has 1 fully saturated rings. The van der Waals surface area contributed by atoms with Crippen LogP contribution in [-0.4, -0.2) is 47.3 Å². The first-order valence-electron chi connectivity index (χ1n) is 7.59. The first-order valence-corrected chi connectivity index (χ1v) is 7.59. The van der Waals surface area contributed by atoms with Crippen LogP contribution in [0.15, 0.2) is 0 Å². The van der Waals surface area contributed by atoms with Crippen LogP contribution in [0.1, 0.15) is 54.4 Å². The molecule has 0 aromatic carbocycles. The van der Waals surface area contributed by atoms with Crippen molar-refractivity contribution in [2.75, 3.05) is 19.7 Å². The fraction of sp³-hybridized carbons (Fsp3) is 0.938. The summed E-state index contributed by atoms with van der Waals surface area (Å²) in [5.41, 5.74) is -0.133. The van der Waals surface area contributed by atoms with Gasteiger partial charge in [0.2, 0.25) is 5.91 Å². The Bertz CT molecular complexity index is 333. The zero-order valence-electron chi connectivity index (χ0n) is 13.9. The molecule has 0 aliphatic carbocycles. The summed E-state index contributed by atoms with van der Waals surface area (Å²) in [4.78, 5) is 14.3. The van der Waals surface area contributed by atoms with Gasteiger partial charge < -0.3 is 14.7 Å². The Kier molecular flexibility index (Phi) is 5.61. The van der Waals surface area contributed by atoms with E-state index in [1.54, 1.807) is 0 Å². The number of rotatable bonds is 4. The molecule has 0 spiro atoms. The molecule has 0 radical (unpaired) electrons. The number of amides is 1. The summed E-state index contributed by atoms with van der Waals surface area (Å²) in [7, 11) is 0. The van der Waals surface area contributed by atoms with Crippen molar-refractivity contribution in [2.45, 2.75) is 66.1 Å². The van der Waals surface area contributed by atoms with Crippen molar-refractivity contribution in [3.63, 3.8) is 0 Å². The fourth-order valence-corrected chi connectivity index (χ4v) is 3.13. The van der Waals surface area contributed by atoms with E-state index < -0.39 is 0 Å². The molecular weight excluding hydrogens is 254 g/mol. The van der Waals surface area contributed by atoms with Crippen LogP contribution >= 0.6 is 0 Å². The minimum atomic E-state index is -0.380. The van der Waals surface area contributed by atoms with E-state index in [0.29, 0.717) is 25.4 Å². The highest BCUT2D eigenvalue weighted by Gasteiger charge is 2.35. The molecule has 4 heteroatoms. The number of aliphatic hydroxyl groups is 1. The predicted molar refractivity (Wildman–Crippen MR) is 80.5 cm³/mol. The lowest BCUT2D eigenvalue weighted by molar-refractivity contribution is -0.167. The fourth-order valence-electron chi connectivity index (χ4n) is 3.13. The molecule has 1 rings (SSSR count). The van der Waals surface area contributed by atoms with Crippen molar-refractivity contribution in [2.24, 2.45) is 11.3 Å². The number of morpholine rings is 1. The van der Waals surface area contributed by atoms with E-state index in [1.807, 2.05) is 18.7 Å². The third kappa shape index (κ3) is 5.80. The summed E-state index contributed by atoms with van der Waals surface area (Å²) in [6.07, 6.45) is 1.35. The summed E-state index contributed by atoms with van der Waals surface area (Å²) < 4.78 is 5.75. The average molecular weight is 285 g/mol. The Morgan fingerprint density at radius 2 is 2.05 bits per heavy atom. The molecule has 0 aromatic rings. The summed E-state index contributed by atoms with van der Waals surface area (Å²) in [5.74, 6) is 0.553. The van der Waals surface area contributed by atoms with Crippen molar-refractivity contribution < 1.29 is 14.6 Å². The largest absolute Gasteiger partial charge is 0.394 e. The lowest BCUT2D eigenvalue weighted by atomic mass is 9.84. The number of hydrogen-bond donors (Lipinski definition) is 1. The van der Waals surface area contributed by atoms with Gasteiger partial charge in [0.15, 0.2) is 0 Å². The van der Waals surface area contributed by atoms with Crippen molar-refractivity contribution in [3.05, 3.63) is 0 Å². The minimum absolute atomic E-state index is 0.0369. The van der Waals surface area contributed by atoms with Gasteiger partial charge in [0.05, 0.1) is 18.3 Å². The standard InChI is InChI=1S/C16H31NO3/c1-12(8-15(2,3)4)7-14(19)17-9-13(10-18)20-16(5,6)11-17/h12-13,18H,7-11H2,1-6H3. The van der Waals surface area contributed by atoms with E-state index in [0.717, 1.165) is 6.42 Å². The topological polar surface area (TPSA) is 49.8 Å². The van der Waals surface area contributed by atoms with Crippen LogP contribution < -0.4 is 0 Å². The maximum Gasteiger partial charge on any atom is 0.223 e. The van der Waals surface area contributed by atoms with Crippen molar-refractivity contribution in [3.8, 4) is 0 Å². The Balaban J connectivity index is 2.58. The molecule has 1 aliphatic heterocycles. The Morgan fingerprint density at radius 3 is 2.55 bits per heavy atom. The predicted octanol–water partition coefficient (Wildman–Crippen LogP) is 2.45. The third-order valence-corrected chi connectivity index (χ3v) is 3.52. The molecular formula is C16H31NO3. The molecule has 118 valence electrons. The van der Waals surface area contributed by atoms with Crippen LogP contribution in [-0.2, 0) is 9.53 Å². The first-order chi connectivity index (χ1) is 9.02. The Morgan fingerprint density at radius 1 is 1.45 bits per heavy atom. The van der Waals surface area contributed by atoms with E-state index >= 15 is 0 Å². The number of carbonyl (C=O) groups excluding carboxylic acids is 1. The van der Waals surface area contributed by atoms with E-state index in [-0.39, 0.29) is 29.6 Å². The molecule has 1 aliphatic rings. The SMILES string of the molecule is CC(CC(=O)N1CC(CO)OC(C)(C)C1)CC(C)(C)C. The van der Waals surface area contributed by atoms with Gasteiger partial charge in [0.1, 0.15) is 0 Å². The highest BCUT2D eigenvalue weighted by atomic mass is 16.5. The number of aliphatic hydroxyl groups excluding tert-OH is 1. The van der Waals surface area contributed by atoms with Crippen LogP contribution in [0.4, 0.5) is 0 Å². The number of hydrogen-bond acceptors (Lipinski definition) is 3. The van der Waals surface area contributed by atoms with Crippen molar-refractivity contribution in [1.82, 2.24) is 4.90 Å². The van der Waals surface area contributed by atoms with Crippen molar-refractivity contribution in [1.29, 1.82) is 0 Å². The summed E-state index contributed by atoms with van der Waals surface area (Å²) in [6, 6.07) is 0. The van der Waals surface area contributed by atoms with Gasteiger partial charge in [-0.1, -0.05) is 27.7 Å². The quantitative estimate of drug-likeness (QED) is 0.863. The van der Waals surface area contributed by atoms with Gasteiger partial charge in [-0.2, -0.15) is 0 Å². The van der Waals surface area contributed by atoms with Gasteiger partial charge in [0.25, 0.3) is 0 Å². The minimum Gasteiger partial charge on any atom is -0.394 e. The summed E-state index contributed by atoms with van der Waals surface area (Å²) >= 11 is 0. The van der Waals surface area contributed by atoms with E-state index in [4.69, 9.17) is 4.74 Å². The molecule has 2 atom stereocenters. The molecule has 0 saturated carbocycles. The van der Waals surface area contributed by atoms with E-state index in [9.17, 15) is 9.90 Å². The smallest absolute Gasteiger partial charge is 0.223 e. The van der Waals surface area contributed by atoms with Crippen LogP contribution in [0.5, 0.6) is 0 Å². The summed E-state index contributed by atoms with van der Waals surface area (Å²) in [6.45, 7) is 13.7. The highest BCUT2D eigenvalue weighted by molar-refractivity contribution is 5.76. The van der Waals surface area contributed by atoms with Gasteiger partial charge in [0, 0.05) is 19.5 Å². The molecule has 2 unspecified atom stereocenters. The zero-order valence-corrected chi connectivity index (χ0v) is 13.9. The van der Waals surface area contributed by atoms with Crippen LogP contribution in [0.2, 0.25) is 0 Å². The van der Waals surface area contributed by atoms with E-state index in [1.165, 1.54) is 0 Å². The molecule has 1 amide bonds. The normalized spacial score (nSPS) is 24.6. The molecule has 1 saturated heterocycles. The van der Waals surface area contributed by atoms with Gasteiger partial charge in [-0.05, 0) is 31.6 Å². The van der Waals surface area contributed by atoms with Crippen molar-refractivity contribution >= 4 is 5.91 Å². The van der Waals surface area contributed by atoms with Gasteiger partial charge >= 0.3 is 0 Å². The van der Waals surface area contributed by atoms with Crippen LogP contribution in [0.3, 0.4) is 0 Å². The summed E-state index contributed by atoms with van der Waals surface area (Å²) in [5, 5.41) is 9.29. The highest BCUT2D eigenvalue weighted by Crippen LogP contribution is 2.27. The number of carbonyl (C=O) groups is 1. The average Bonchev–Trinajstić information content (AvgIpc) is 2.23. The lowest BCUT2D eigenvalue weighted by Gasteiger charge is -2.42. The maximum atomic E-state index is 12.4. The Labute approximate surface area is 123 Å². The second-order valence-corrected chi connectivity index (χ2v) is 8.03. The van der Waals surface area contributed by atoms with Gasteiger partial charge in [-0.15, -0.1) is 0 Å². The molecule has 20 heavy (non-hydrogen) atoms.